The van der Waals surface area contributed by atoms with Crippen LogP contribution in [-0.4, -0.2) is 49.9 Å². The summed E-state index contributed by atoms with van der Waals surface area (Å²) < 4.78 is 23.4. The highest BCUT2D eigenvalue weighted by Crippen LogP contribution is 2.35. The van der Waals surface area contributed by atoms with E-state index >= 15 is 0 Å². The Morgan fingerprint density at radius 1 is 1.08 bits per heavy atom. The van der Waals surface area contributed by atoms with Crippen molar-refractivity contribution in [3.05, 3.63) is 110 Å². The highest BCUT2D eigenvalue weighted by atomic mass is 79.9. The number of urea groups is 1. The number of aliphatic hydroxyl groups is 1. The van der Waals surface area contributed by atoms with Gasteiger partial charge < -0.3 is 34.7 Å². The Kier molecular flexibility index (Phi) is 11.4. The molecule has 4 aromatic carbocycles. The van der Waals surface area contributed by atoms with Crippen molar-refractivity contribution in [3.63, 3.8) is 0 Å². The second kappa shape index (κ2) is 15.9. The number of rotatable bonds is 13. The number of esters is 1. The molecule has 0 unspecified atom stereocenters. The molecule has 250 valence electrons. The molecule has 13 heteroatoms. The maximum absolute atomic E-state index is 12.5. The first kappa shape index (κ1) is 34.6. The lowest BCUT2D eigenvalue weighted by molar-refractivity contribution is -0.136. The monoisotopic (exact) mass is 736 g/mol. The smallest absolute Gasteiger partial charge is 0.337 e. The average Bonchev–Trinajstić information content (AvgIpc) is 3.06. The van der Waals surface area contributed by atoms with E-state index in [9.17, 15) is 14.7 Å². The number of hydrazone groups is 1. The van der Waals surface area contributed by atoms with Gasteiger partial charge in [-0.3, -0.25) is 5.43 Å². The molecule has 1 heterocycles. The Hall–Kier alpha value is -4.78. The molecule has 11 nitrogen and oxygen atoms in total. The molecule has 1 aliphatic heterocycles. The number of benzene rings is 4. The van der Waals surface area contributed by atoms with E-state index in [1.807, 2.05) is 31.2 Å². The van der Waals surface area contributed by atoms with Crippen molar-refractivity contribution in [2.24, 2.45) is 5.10 Å². The minimum Gasteiger partial charge on any atom is -0.490 e. The molecule has 0 fully saturated rings. The summed E-state index contributed by atoms with van der Waals surface area (Å²) in [5.74, 6) is 0.660. The second-order valence-corrected chi connectivity index (χ2v) is 11.9. The number of hydrogen-bond acceptors (Lipinski definition) is 9. The summed E-state index contributed by atoms with van der Waals surface area (Å²) in [7, 11) is 1.27. The molecule has 1 aliphatic rings. The van der Waals surface area contributed by atoms with Crippen molar-refractivity contribution in [2.75, 3.05) is 20.3 Å². The summed E-state index contributed by atoms with van der Waals surface area (Å²) in [5.41, 5.74) is 5.49. The third kappa shape index (κ3) is 8.19. The average molecular weight is 738 g/mol. The summed E-state index contributed by atoms with van der Waals surface area (Å²) in [5, 5.41) is 22.8. The van der Waals surface area contributed by atoms with E-state index in [0.29, 0.717) is 56.8 Å². The third-order valence-corrected chi connectivity index (χ3v) is 8.20. The van der Waals surface area contributed by atoms with Crippen LogP contribution in [0.3, 0.4) is 0 Å². The van der Waals surface area contributed by atoms with Gasteiger partial charge in [0, 0.05) is 16.3 Å². The van der Waals surface area contributed by atoms with Crippen molar-refractivity contribution in [1.29, 1.82) is 0 Å². The van der Waals surface area contributed by atoms with Gasteiger partial charge in [-0.2, -0.15) is 5.10 Å². The number of allylic oxidation sites excluding steroid dienone is 1. The number of ether oxygens (including phenoxy) is 4. The number of carbonyl (C=O) groups is 2. The largest absolute Gasteiger partial charge is 0.490 e. The molecule has 0 saturated carbocycles. The number of carbonyl (C=O) groups excluding carboxylic acids is 2. The molecule has 4 N–H and O–H groups in total. The number of hydrogen-bond donors (Lipinski definition) is 4. The molecular formula is C35H34BrClN4O7. The van der Waals surface area contributed by atoms with E-state index in [1.54, 1.807) is 37.3 Å². The Morgan fingerprint density at radius 3 is 2.67 bits per heavy atom. The van der Waals surface area contributed by atoms with Gasteiger partial charge in [0.2, 0.25) is 0 Å². The predicted molar refractivity (Wildman–Crippen MR) is 186 cm³/mol. The molecule has 0 radical (unpaired) electrons. The summed E-state index contributed by atoms with van der Waals surface area (Å²) in [6.07, 6.45) is 0.304. The number of nitrogens with one attached hydrogen (secondary N) is 3. The molecule has 0 saturated heterocycles. The van der Waals surface area contributed by atoms with Gasteiger partial charge in [-0.15, -0.1) is 0 Å². The van der Waals surface area contributed by atoms with E-state index in [0.717, 1.165) is 16.3 Å². The zero-order chi connectivity index (χ0) is 34.2. The van der Waals surface area contributed by atoms with Crippen LogP contribution in [0.5, 0.6) is 17.2 Å². The van der Waals surface area contributed by atoms with Crippen LogP contribution in [0.25, 0.3) is 10.8 Å². The van der Waals surface area contributed by atoms with Crippen LogP contribution in [0.4, 0.5) is 4.79 Å². The maximum atomic E-state index is 12.5. The van der Waals surface area contributed by atoms with Gasteiger partial charge in [-0.1, -0.05) is 60.1 Å². The van der Waals surface area contributed by atoms with E-state index in [1.165, 1.54) is 13.3 Å². The maximum Gasteiger partial charge on any atom is 0.337 e. The second-order valence-electron chi connectivity index (χ2n) is 10.6. The summed E-state index contributed by atoms with van der Waals surface area (Å²) in [6, 6.07) is 21.4. The zero-order valence-corrected chi connectivity index (χ0v) is 28.7. The molecule has 0 spiro atoms. The lowest BCUT2D eigenvalue weighted by Crippen LogP contribution is -2.45. The van der Waals surface area contributed by atoms with E-state index < -0.39 is 24.3 Å². The van der Waals surface area contributed by atoms with Crippen LogP contribution in [0.15, 0.2) is 93.6 Å². The summed E-state index contributed by atoms with van der Waals surface area (Å²) >= 11 is 9.87. The normalized spacial score (nSPS) is 15.1. The van der Waals surface area contributed by atoms with E-state index in [-0.39, 0.29) is 12.2 Å². The van der Waals surface area contributed by atoms with E-state index in [4.69, 9.17) is 30.5 Å². The fraction of sp³-hybridized carbons (Fsp3) is 0.229. The Balaban J connectivity index is 1.25. The quantitative estimate of drug-likeness (QED) is 0.0539. The lowest BCUT2D eigenvalue weighted by Gasteiger charge is -2.28. The van der Waals surface area contributed by atoms with Gasteiger partial charge in [0.15, 0.2) is 17.7 Å². The number of aliphatic hydroxyl groups excluding tert-OH is 1. The van der Waals surface area contributed by atoms with E-state index in [2.05, 4.69) is 55.3 Å². The Morgan fingerprint density at radius 2 is 1.88 bits per heavy atom. The summed E-state index contributed by atoms with van der Waals surface area (Å²) in [4.78, 5) is 24.7. The van der Waals surface area contributed by atoms with Crippen LogP contribution in [0.2, 0.25) is 5.02 Å². The van der Waals surface area contributed by atoms with Gasteiger partial charge in [0.1, 0.15) is 19.0 Å². The van der Waals surface area contributed by atoms with Gasteiger partial charge in [-0.25, -0.2) is 9.59 Å². The molecule has 0 aromatic heterocycles. The first-order valence-corrected chi connectivity index (χ1v) is 16.2. The van der Waals surface area contributed by atoms with Crippen LogP contribution in [0.1, 0.15) is 36.6 Å². The van der Waals surface area contributed by atoms with Gasteiger partial charge in [0.25, 0.3) is 0 Å². The molecule has 0 bridgehead atoms. The highest BCUT2D eigenvalue weighted by Gasteiger charge is 2.32. The molecular weight excluding hydrogens is 704 g/mol. The SMILES string of the molecule is CCOc1cc([C@@H]2NC(=O)NC(C)=C2C(=O)OC)ccc1OC[C@@H](O)N/N=C/c1cc(Cl)cc(Br)c1OCc1cccc2ccccc12. The third-order valence-electron chi connectivity index (χ3n) is 7.39. The van der Waals surface area contributed by atoms with Crippen LogP contribution in [0, 0.1) is 0 Å². The summed E-state index contributed by atoms with van der Waals surface area (Å²) in [6.45, 7) is 3.89. The van der Waals surface area contributed by atoms with Crippen molar-refractivity contribution in [2.45, 2.75) is 32.7 Å². The Bertz CT molecular complexity index is 1880. The van der Waals surface area contributed by atoms with Crippen LogP contribution in [-0.2, 0) is 16.1 Å². The van der Waals surface area contributed by atoms with Gasteiger partial charge in [0.05, 0.1) is 36.0 Å². The topological polar surface area (TPSA) is 140 Å². The van der Waals surface area contributed by atoms with Crippen LogP contribution >= 0.6 is 27.5 Å². The van der Waals surface area contributed by atoms with Crippen molar-refractivity contribution in [1.82, 2.24) is 16.1 Å². The molecule has 2 amide bonds. The van der Waals surface area contributed by atoms with Crippen molar-refractivity contribution >= 4 is 56.5 Å². The number of amides is 2. The standard InChI is InChI=1S/C35H34BrClN4O7/c1-4-46-29-15-22(32-31(34(43)45-3)20(2)39-35(44)40-32)12-13-28(29)47-19-30(42)41-38-17-24-14-25(37)16-27(36)33(24)48-18-23-10-7-9-21-8-5-6-11-26(21)23/h5-17,30,32,41-42H,4,18-19H2,1-3H3,(H2,39,40,44)/b38-17+/t30-,32+/m1/s1. The number of nitrogens with zero attached hydrogens (tertiary/aromatic N) is 1. The molecule has 48 heavy (non-hydrogen) atoms. The van der Waals surface area contributed by atoms with Crippen molar-refractivity contribution in [3.8, 4) is 17.2 Å². The number of methoxy groups -OCH3 is 1. The Labute approximate surface area is 291 Å². The van der Waals surface area contributed by atoms with Gasteiger partial charge in [-0.05, 0) is 75.9 Å². The first-order valence-electron chi connectivity index (χ1n) is 15.0. The first-order chi connectivity index (χ1) is 23.2. The number of halogens is 2. The van der Waals surface area contributed by atoms with Crippen LogP contribution < -0.4 is 30.3 Å². The fourth-order valence-corrected chi connectivity index (χ4v) is 6.16. The fourth-order valence-electron chi connectivity index (χ4n) is 5.21. The number of fused-ring (bicyclic) bond motifs is 1. The molecule has 2 atom stereocenters. The lowest BCUT2D eigenvalue weighted by atomic mass is 9.95. The predicted octanol–water partition coefficient (Wildman–Crippen LogP) is 6.36. The highest BCUT2D eigenvalue weighted by molar-refractivity contribution is 9.10. The molecule has 4 aromatic rings. The zero-order valence-electron chi connectivity index (χ0n) is 26.4. The molecule has 5 rings (SSSR count). The minimum absolute atomic E-state index is 0.184. The van der Waals surface area contributed by atoms with Crippen molar-refractivity contribution < 1.29 is 33.6 Å². The van der Waals surface area contributed by atoms with Gasteiger partial charge >= 0.3 is 12.0 Å². The molecule has 0 aliphatic carbocycles. The minimum atomic E-state index is -1.20.